The van der Waals surface area contributed by atoms with Crippen LogP contribution in [-0.4, -0.2) is 31.0 Å². The summed E-state index contributed by atoms with van der Waals surface area (Å²) in [6, 6.07) is 5.77. The first kappa shape index (κ1) is 20.2. The van der Waals surface area contributed by atoms with E-state index >= 15 is 0 Å². The van der Waals surface area contributed by atoms with Crippen LogP contribution in [0.3, 0.4) is 0 Å². The lowest BCUT2D eigenvalue weighted by Crippen LogP contribution is -2.29. The fourth-order valence-corrected chi connectivity index (χ4v) is 4.36. The van der Waals surface area contributed by atoms with Crippen molar-refractivity contribution in [3.8, 4) is 11.4 Å². The van der Waals surface area contributed by atoms with Gasteiger partial charge in [0, 0.05) is 12.7 Å². The molecule has 1 unspecified atom stereocenters. The smallest absolute Gasteiger partial charge is 0.364 e. The van der Waals surface area contributed by atoms with Gasteiger partial charge in [-0.1, -0.05) is 12.1 Å². The number of fused-ring (bicyclic) bond motifs is 1. The highest BCUT2D eigenvalue weighted by Gasteiger charge is 2.25. The van der Waals surface area contributed by atoms with Crippen LogP contribution in [0.1, 0.15) is 42.4 Å². The molecule has 2 aromatic heterocycles. The Bertz CT molecular complexity index is 1320. The fraction of sp³-hybridized carbons (Fsp3) is 0.292. The van der Waals surface area contributed by atoms with Gasteiger partial charge >= 0.3 is 5.69 Å². The molecule has 5 rings (SSSR count). The molecule has 0 fully saturated rings. The van der Waals surface area contributed by atoms with Gasteiger partial charge in [-0.2, -0.15) is 4.98 Å². The molecule has 164 valence electrons. The molecule has 0 saturated heterocycles. The van der Waals surface area contributed by atoms with Crippen molar-refractivity contribution >= 4 is 11.6 Å². The van der Waals surface area contributed by atoms with Gasteiger partial charge in [-0.05, 0) is 67.7 Å². The van der Waals surface area contributed by atoms with Crippen molar-refractivity contribution < 1.29 is 9.13 Å². The number of halogens is 1. The molecule has 1 aliphatic heterocycles. The number of methoxy groups -OCH3 is 1. The molecule has 0 radical (unpaired) electrons. The van der Waals surface area contributed by atoms with E-state index in [1.165, 1.54) is 12.2 Å². The van der Waals surface area contributed by atoms with Crippen LogP contribution in [-0.2, 0) is 6.54 Å². The summed E-state index contributed by atoms with van der Waals surface area (Å²) in [6.07, 6.45) is 12.6. The van der Waals surface area contributed by atoms with E-state index in [2.05, 4.69) is 16.0 Å². The number of allylic oxidation sites excluding steroid dienone is 5. The molecule has 1 atom stereocenters. The second-order valence-corrected chi connectivity index (χ2v) is 8.06. The lowest BCUT2D eigenvalue weighted by molar-refractivity contribution is 0.385. The van der Waals surface area contributed by atoms with E-state index in [0.29, 0.717) is 18.8 Å². The molecule has 8 heteroatoms. The molecule has 0 amide bonds. The predicted octanol–water partition coefficient (Wildman–Crippen LogP) is 4.24. The van der Waals surface area contributed by atoms with Gasteiger partial charge in [0.25, 0.3) is 0 Å². The number of aromatic nitrogens is 5. The SMILES string of the molecule is COc1cc(/C=C2\CCCn3c2nc(=O)n3C2C=CC(F)=CC2)ccc1-n1cnc(C)c1. The Morgan fingerprint density at radius 3 is 2.91 bits per heavy atom. The van der Waals surface area contributed by atoms with Gasteiger partial charge in [0.2, 0.25) is 0 Å². The summed E-state index contributed by atoms with van der Waals surface area (Å²) in [7, 11) is 1.65. The molecule has 0 N–H and O–H groups in total. The summed E-state index contributed by atoms with van der Waals surface area (Å²) in [5.74, 6) is 1.14. The molecule has 0 saturated carbocycles. The highest BCUT2D eigenvalue weighted by molar-refractivity contribution is 5.80. The molecule has 0 spiro atoms. The summed E-state index contributed by atoms with van der Waals surface area (Å²) in [5.41, 5.74) is 3.50. The summed E-state index contributed by atoms with van der Waals surface area (Å²) >= 11 is 0. The van der Waals surface area contributed by atoms with Gasteiger partial charge < -0.3 is 9.30 Å². The minimum absolute atomic E-state index is 0.222. The maximum Gasteiger partial charge on any atom is 0.364 e. The van der Waals surface area contributed by atoms with Crippen molar-refractivity contribution in [2.24, 2.45) is 0 Å². The first-order valence-electron chi connectivity index (χ1n) is 10.7. The molecule has 1 aromatic carbocycles. The lowest BCUT2D eigenvalue weighted by atomic mass is 10.0. The zero-order valence-corrected chi connectivity index (χ0v) is 18.0. The van der Waals surface area contributed by atoms with E-state index in [-0.39, 0.29) is 17.6 Å². The van der Waals surface area contributed by atoms with Crippen LogP contribution < -0.4 is 10.4 Å². The van der Waals surface area contributed by atoms with Gasteiger partial charge in [0.15, 0.2) is 5.82 Å². The topological polar surface area (TPSA) is 66.9 Å². The van der Waals surface area contributed by atoms with Crippen molar-refractivity contribution in [2.75, 3.05) is 7.11 Å². The second-order valence-electron chi connectivity index (χ2n) is 8.06. The van der Waals surface area contributed by atoms with Gasteiger partial charge in [-0.15, -0.1) is 0 Å². The largest absolute Gasteiger partial charge is 0.495 e. The maximum absolute atomic E-state index is 13.4. The third-order valence-electron chi connectivity index (χ3n) is 5.89. The van der Waals surface area contributed by atoms with E-state index in [1.54, 1.807) is 24.2 Å². The van der Waals surface area contributed by atoms with Crippen molar-refractivity contribution in [1.29, 1.82) is 0 Å². The number of benzene rings is 1. The van der Waals surface area contributed by atoms with Crippen LogP contribution in [0.2, 0.25) is 0 Å². The van der Waals surface area contributed by atoms with Gasteiger partial charge in [-0.3, -0.25) is 4.68 Å². The number of aryl methyl sites for hydroxylation is 1. The first-order valence-corrected chi connectivity index (χ1v) is 10.7. The zero-order valence-electron chi connectivity index (χ0n) is 18.0. The highest BCUT2D eigenvalue weighted by atomic mass is 19.1. The van der Waals surface area contributed by atoms with Crippen LogP contribution >= 0.6 is 0 Å². The van der Waals surface area contributed by atoms with E-state index in [1.807, 2.05) is 40.6 Å². The van der Waals surface area contributed by atoms with Gasteiger partial charge in [-0.25, -0.2) is 18.9 Å². The molecule has 2 aliphatic rings. The Morgan fingerprint density at radius 2 is 2.19 bits per heavy atom. The molecular weight excluding hydrogens is 409 g/mol. The normalized spacial score (nSPS) is 19.2. The predicted molar refractivity (Wildman–Crippen MR) is 120 cm³/mol. The van der Waals surface area contributed by atoms with E-state index in [0.717, 1.165) is 41.1 Å². The van der Waals surface area contributed by atoms with Crippen LogP contribution in [0.4, 0.5) is 4.39 Å². The van der Waals surface area contributed by atoms with Crippen LogP contribution in [0.25, 0.3) is 17.3 Å². The number of nitrogens with zero attached hydrogens (tertiary/aromatic N) is 5. The van der Waals surface area contributed by atoms with Crippen molar-refractivity contribution in [3.63, 3.8) is 0 Å². The fourth-order valence-electron chi connectivity index (χ4n) is 4.36. The lowest BCUT2D eigenvalue weighted by Gasteiger charge is -2.23. The van der Waals surface area contributed by atoms with Gasteiger partial charge in [0.1, 0.15) is 11.6 Å². The van der Waals surface area contributed by atoms with Crippen LogP contribution in [0.15, 0.2) is 59.6 Å². The summed E-state index contributed by atoms with van der Waals surface area (Å²) in [6.45, 7) is 2.65. The Hall–Kier alpha value is -3.68. The van der Waals surface area contributed by atoms with E-state index in [9.17, 15) is 9.18 Å². The average molecular weight is 433 g/mol. The number of rotatable bonds is 4. The minimum atomic E-state index is -0.304. The first-order chi connectivity index (χ1) is 15.5. The number of imidazole rings is 1. The zero-order chi connectivity index (χ0) is 22.2. The molecular formula is C24H24FN5O2. The standard InChI is InChI=1S/C24H24FN5O2/c1-16-14-28(15-26-16)21-10-5-17(13-22(21)32-2)12-18-4-3-11-29-23(18)27-24(31)30(29)20-8-6-19(25)7-9-20/h5-8,10,12-15,20H,3-4,9,11H2,1-2H3/b18-12+. The van der Waals surface area contributed by atoms with Crippen LogP contribution in [0.5, 0.6) is 5.75 Å². The number of hydrogen-bond acceptors (Lipinski definition) is 4. The maximum atomic E-state index is 13.4. The minimum Gasteiger partial charge on any atom is -0.495 e. The monoisotopic (exact) mass is 433 g/mol. The highest BCUT2D eigenvalue weighted by Crippen LogP contribution is 2.31. The Kier molecular flexibility index (Phi) is 5.13. The summed E-state index contributed by atoms with van der Waals surface area (Å²) in [4.78, 5) is 21.3. The Balaban J connectivity index is 1.51. The van der Waals surface area contributed by atoms with Crippen LogP contribution in [0, 0.1) is 6.92 Å². The van der Waals surface area contributed by atoms with Crippen molar-refractivity contribution in [3.05, 3.63) is 82.3 Å². The Labute approximate surface area is 184 Å². The van der Waals surface area contributed by atoms with Crippen molar-refractivity contribution in [2.45, 2.75) is 38.8 Å². The number of hydrogen-bond donors (Lipinski definition) is 0. The Morgan fingerprint density at radius 1 is 1.31 bits per heavy atom. The average Bonchev–Trinajstić information content (AvgIpc) is 3.37. The molecule has 1 aliphatic carbocycles. The molecule has 7 nitrogen and oxygen atoms in total. The second kappa shape index (κ2) is 8.11. The number of ether oxygens (including phenoxy) is 1. The van der Waals surface area contributed by atoms with E-state index in [4.69, 9.17) is 4.74 Å². The molecule has 0 bridgehead atoms. The molecule has 3 aromatic rings. The van der Waals surface area contributed by atoms with Gasteiger partial charge in [0.05, 0.1) is 30.9 Å². The third-order valence-corrected chi connectivity index (χ3v) is 5.89. The quantitative estimate of drug-likeness (QED) is 0.617. The van der Waals surface area contributed by atoms with Crippen molar-refractivity contribution in [1.82, 2.24) is 23.9 Å². The summed E-state index contributed by atoms with van der Waals surface area (Å²) < 4.78 is 24.5. The third kappa shape index (κ3) is 3.62. The molecule has 32 heavy (non-hydrogen) atoms. The summed E-state index contributed by atoms with van der Waals surface area (Å²) in [5, 5.41) is 0. The molecule has 3 heterocycles. The van der Waals surface area contributed by atoms with E-state index < -0.39 is 0 Å².